The summed E-state index contributed by atoms with van der Waals surface area (Å²) in [4.78, 5) is 24.5. The largest absolute Gasteiger partial charge is 0.483 e. The van der Waals surface area contributed by atoms with Gasteiger partial charge in [0, 0.05) is 5.69 Å². The normalized spacial score (nSPS) is 15.6. The highest BCUT2D eigenvalue weighted by atomic mass is 16.5. The van der Waals surface area contributed by atoms with Crippen LogP contribution in [-0.2, 0) is 4.79 Å². The van der Waals surface area contributed by atoms with Crippen LogP contribution in [0.15, 0.2) is 55.1 Å². The number of carbonyl (C=O) groups is 2. The molecule has 1 aliphatic heterocycles. The number of nitrogens with zero attached hydrogens (tertiary/aromatic N) is 1. The molecule has 0 fully saturated rings. The molecule has 1 atom stereocenters. The van der Waals surface area contributed by atoms with Crippen molar-refractivity contribution in [2.24, 2.45) is 0 Å². The maximum atomic E-state index is 12.6. The zero-order valence-electron chi connectivity index (χ0n) is 13.3. The van der Waals surface area contributed by atoms with Crippen LogP contribution in [0.3, 0.4) is 0 Å². The molecular formula is C19H15N3O3. The second kappa shape index (κ2) is 6.89. The molecule has 1 heterocycles. The van der Waals surface area contributed by atoms with E-state index in [0.717, 1.165) is 0 Å². The number of anilines is 2. The molecule has 0 aliphatic carbocycles. The Morgan fingerprint density at radius 3 is 2.76 bits per heavy atom. The molecule has 2 aromatic rings. The minimum atomic E-state index is -0.509. The summed E-state index contributed by atoms with van der Waals surface area (Å²) in [5.41, 5.74) is 1.81. The third kappa shape index (κ3) is 3.51. The SMILES string of the molecule is C=C[C@@H]1CC(=O)Nc2cccc(C(=O)Nc3ccc(C#N)cc3)c2O1. The quantitative estimate of drug-likeness (QED) is 0.844. The van der Waals surface area contributed by atoms with Crippen LogP contribution in [0.2, 0.25) is 0 Å². The highest BCUT2D eigenvalue weighted by molar-refractivity contribution is 6.08. The number of hydrogen-bond donors (Lipinski definition) is 2. The maximum absolute atomic E-state index is 12.6. The molecule has 6 heteroatoms. The first kappa shape index (κ1) is 16.3. The first-order valence-corrected chi connectivity index (χ1v) is 7.64. The van der Waals surface area contributed by atoms with Gasteiger partial charge in [0.1, 0.15) is 6.10 Å². The molecule has 2 N–H and O–H groups in total. The third-order valence-corrected chi connectivity index (χ3v) is 3.72. The van der Waals surface area contributed by atoms with Gasteiger partial charge < -0.3 is 15.4 Å². The average Bonchev–Trinajstić information content (AvgIpc) is 2.79. The number of benzene rings is 2. The second-order valence-corrected chi connectivity index (χ2v) is 5.47. The van der Waals surface area contributed by atoms with E-state index in [-0.39, 0.29) is 18.2 Å². The van der Waals surface area contributed by atoms with Gasteiger partial charge >= 0.3 is 0 Å². The fraction of sp³-hybridized carbons (Fsp3) is 0.105. The monoisotopic (exact) mass is 333 g/mol. The Bertz CT molecular complexity index is 882. The van der Waals surface area contributed by atoms with Crippen molar-refractivity contribution in [2.75, 3.05) is 10.6 Å². The van der Waals surface area contributed by atoms with Gasteiger partial charge in [-0.3, -0.25) is 9.59 Å². The van der Waals surface area contributed by atoms with Gasteiger partial charge in [0.25, 0.3) is 5.91 Å². The summed E-state index contributed by atoms with van der Waals surface area (Å²) >= 11 is 0. The minimum absolute atomic E-state index is 0.134. The van der Waals surface area contributed by atoms with Gasteiger partial charge in [-0.2, -0.15) is 5.26 Å². The summed E-state index contributed by atoms with van der Waals surface area (Å²) in [5.74, 6) is -0.266. The van der Waals surface area contributed by atoms with E-state index in [4.69, 9.17) is 10.00 Å². The molecule has 0 aromatic heterocycles. The van der Waals surface area contributed by atoms with Gasteiger partial charge in [0.05, 0.1) is 29.3 Å². The van der Waals surface area contributed by atoms with E-state index in [1.807, 2.05) is 6.07 Å². The van der Waals surface area contributed by atoms with Crippen LogP contribution in [0.5, 0.6) is 5.75 Å². The summed E-state index contributed by atoms with van der Waals surface area (Å²) < 4.78 is 5.80. The van der Waals surface area contributed by atoms with E-state index in [2.05, 4.69) is 17.2 Å². The van der Waals surface area contributed by atoms with Crippen molar-refractivity contribution < 1.29 is 14.3 Å². The smallest absolute Gasteiger partial charge is 0.259 e. The molecular weight excluding hydrogens is 318 g/mol. The third-order valence-electron chi connectivity index (χ3n) is 3.72. The standard InChI is InChI=1S/C19H15N3O3/c1-2-14-10-17(23)22-16-5-3-4-15(18(16)25-14)19(24)21-13-8-6-12(11-20)7-9-13/h2-9,14H,1,10H2,(H,21,24)(H,22,23)/t14-/m1/s1. The van der Waals surface area contributed by atoms with Crippen LogP contribution in [0.1, 0.15) is 22.3 Å². The lowest BCUT2D eigenvalue weighted by molar-refractivity contribution is -0.117. The van der Waals surface area contributed by atoms with Crippen LogP contribution < -0.4 is 15.4 Å². The molecule has 1 aliphatic rings. The number of carbonyl (C=O) groups excluding carboxylic acids is 2. The molecule has 0 saturated heterocycles. The van der Waals surface area contributed by atoms with Gasteiger partial charge in [0.2, 0.25) is 5.91 Å². The zero-order chi connectivity index (χ0) is 17.8. The van der Waals surface area contributed by atoms with Crippen LogP contribution in [0.25, 0.3) is 0 Å². The maximum Gasteiger partial charge on any atom is 0.259 e. The number of nitriles is 1. The van der Waals surface area contributed by atoms with Crippen LogP contribution >= 0.6 is 0 Å². The first-order chi connectivity index (χ1) is 12.1. The summed E-state index contributed by atoms with van der Waals surface area (Å²) in [5, 5.41) is 14.3. The summed E-state index contributed by atoms with van der Waals surface area (Å²) in [6.07, 6.45) is 1.16. The van der Waals surface area contributed by atoms with E-state index in [9.17, 15) is 9.59 Å². The fourth-order valence-corrected chi connectivity index (χ4v) is 2.48. The van der Waals surface area contributed by atoms with Crippen molar-refractivity contribution in [1.29, 1.82) is 5.26 Å². The second-order valence-electron chi connectivity index (χ2n) is 5.47. The summed E-state index contributed by atoms with van der Waals surface area (Å²) in [7, 11) is 0. The molecule has 0 unspecified atom stereocenters. The number of ether oxygens (including phenoxy) is 1. The predicted molar refractivity (Wildman–Crippen MR) is 93.4 cm³/mol. The first-order valence-electron chi connectivity index (χ1n) is 7.64. The van der Waals surface area contributed by atoms with Gasteiger partial charge in [-0.15, -0.1) is 0 Å². The van der Waals surface area contributed by atoms with Crippen molar-refractivity contribution in [3.05, 3.63) is 66.2 Å². The van der Waals surface area contributed by atoms with Crippen LogP contribution in [0, 0.1) is 11.3 Å². The van der Waals surface area contributed by atoms with Crippen molar-refractivity contribution in [2.45, 2.75) is 12.5 Å². The van der Waals surface area contributed by atoms with Gasteiger partial charge in [-0.25, -0.2) is 0 Å². The van der Waals surface area contributed by atoms with E-state index in [1.54, 1.807) is 42.5 Å². The Labute approximate surface area is 144 Å². The molecule has 0 spiro atoms. The highest BCUT2D eigenvalue weighted by Gasteiger charge is 2.25. The number of para-hydroxylation sites is 1. The van der Waals surface area contributed by atoms with Crippen molar-refractivity contribution in [3.63, 3.8) is 0 Å². The van der Waals surface area contributed by atoms with Gasteiger partial charge in [-0.05, 0) is 36.4 Å². The Balaban J connectivity index is 1.90. The fourth-order valence-electron chi connectivity index (χ4n) is 2.48. The van der Waals surface area contributed by atoms with E-state index < -0.39 is 6.10 Å². The molecule has 0 saturated carbocycles. The topological polar surface area (TPSA) is 91.2 Å². The summed E-state index contributed by atoms with van der Waals surface area (Å²) in [6.45, 7) is 3.66. The highest BCUT2D eigenvalue weighted by Crippen LogP contribution is 2.33. The number of fused-ring (bicyclic) bond motifs is 1. The lowest BCUT2D eigenvalue weighted by Crippen LogP contribution is -2.19. The molecule has 3 rings (SSSR count). The molecule has 25 heavy (non-hydrogen) atoms. The van der Waals surface area contributed by atoms with Crippen LogP contribution in [0.4, 0.5) is 11.4 Å². The molecule has 124 valence electrons. The average molecular weight is 333 g/mol. The lowest BCUT2D eigenvalue weighted by Gasteiger charge is -2.16. The molecule has 0 radical (unpaired) electrons. The molecule has 0 bridgehead atoms. The van der Waals surface area contributed by atoms with E-state index >= 15 is 0 Å². The van der Waals surface area contributed by atoms with E-state index in [0.29, 0.717) is 28.3 Å². The van der Waals surface area contributed by atoms with Crippen molar-refractivity contribution >= 4 is 23.2 Å². The predicted octanol–water partition coefficient (Wildman–Crippen LogP) is 3.09. The van der Waals surface area contributed by atoms with E-state index in [1.165, 1.54) is 6.08 Å². The molecule has 2 amide bonds. The molecule has 2 aromatic carbocycles. The van der Waals surface area contributed by atoms with Gasteiger partial charge in [0.15, 0.2) is 5.75 Å². The van der Waals surface area contributed by atoms with Crippen molar-refractivity contribution in [1.82, 2.24) is 0 Å². The lowest BCUT2D eigenvalue weighted by atomic mass is 10.1. The molecule has 6 nitrogen and oxygen atoms in total. The number of hydrogen-bond acceptors (Lipinski definition) is 4. The Hall–Kier alpha value is -3.59. The number of amides is 2. The Morgan fingerprint density at radius 1 is 1.32 bits per heavy atom. The Morgan fingerprint density at radius 2 is 2.08 bits per heavy atom. The van der Waals surface area contributed by atoms with Gasteiger partial charge in [-0.1, -0.05) is 18.7 Å². The minimum Gasteiger partial charge on any atom is -0.483 e. The number of rotatable bonds is 3. The Kier molecular flexibility index (Phi) is 4.48. The summed E-state index contributed by atoms with van der Waals surface area (Å²) in [6, 6.07) is 13.5. The number of nitrogens with one attached hydrogen (secondary N) is 2. The van der Waals surface area contributed by atoms with Crippen molar-refractivity contribution in [3.8, 4) is 11.8 Å². The zero-order valence-corrected chi connectivity index (χ0v) is 13.3. The van der Waals surface area contributed by atoms with Crippen LogP contribution in [-0.4, -0.2) is 17.9 Å².